The molecule has 0 spiro atoms. The fourth-order valence-electron chi connectivity index (χ4n) is 2.56. The summed E-state index contributed by atoms with van der Waals surface area (Å²) in [6, 6.07) is 5.83. The maximum Gasteiger partial charge on any atom is 0.261 e. The van der Waals surface area contributed by atoms with Crippen molar-refractivity contribution in [3.63, 3.8) is 0 Å². The number of fused-ring (bicyclic) bond motifs is 1. The summed E-state index contributed by atoms with van der Waals surface area (Å²) in [5.41, 5.74) is 1.89. The van der Waals surface area contributed by atoms with Crippen LogP contribution < -0.4 is 5.56 Å². The van der Waals surface area contributed by atoms with E-state index in [-0.39, 0.29) is 11.6 Å². The van der Waals surface area contributed by atoms with Crippen LogP contribution in [0.1, 0.15) is 24.9 Å². The van der Waals surface area contributed by atoms with Crippen LogP contribution in [-0.4, -0.2) is 19.1 Å². The number of rotatable bonds is 4. The van der Waals surface area contributed by atoms with Crippen LogP contribution in [0.5, 0.6) is 0 Å². The van der Waals surface area contributed by atoms with Crippen LogP contribution >= 0.6 is 0 Å². The number of imidazole rings is 1. The molecule has 3 aromatic rings. The quantitative estimate of drug-likeness (QED) is 0.739. The van der Waals surface area contributed by atoms with E-state index in [9.17, 15) is 4.79 Å². The molecular formula is C16H18N4O. The Morgan fingerprint density at radius 2 is 2.14 bits per heavy atom. The molecule has 0 radical (unpaired) electrons. The van der Waals surface area contributed by atoms with Gasteiger partial charge in [0.25, 0.3) is 5.56 Å². The van der Waals surface area contributed by atoms with Gasteiger partial charge in [-0.05, 0) is 31.0 Å². The zero-order valence-corrected chi connectivity index (χ0v) is 12.2. The Balaban J connectivity index is 2.04. The van der Waals surface area contributed by atoms with E-state index in [0.29, 0.717) is 5.39 Å². The molecule has 0 bridgehead atoms. The lowest BCUT2D eigenvalue weighted by atomic mass is 10.1. The van der Waals surface area contributed by atoms with Crippen LogP contribution in [-0.2, 0) is 6.54 Å². The Morgan fingerprint density at radius 3 is 2.86 bits per heavy atom. The number of aryl methyl sites for hydroxylation is 1. The van der Waals surface area contributed by atoms with E-state index in [2.05, 4.69) is 16.9 Å². The van der Waals surface area contributed by atoms with Crippen LogP contribution in [0.15, 0.2) is 48.0 Å². The van der Waals surface area contributed by atoms with Crippen molar-refractivity contribution in [3.05, 3.63) is 59.2 Å². The minimum atomic E-state index is 0.0203. The number of hydrogen-bond acceptors (Lipinski definition) is 3. The molecule has 0 saturated carbocycles. The van der Waals surface area contributed by atoms with Gasteiger partial charge in [-0.15, -0.1) is 0 Å². The van der Waals surface area contributed by atoms with Gasteiger partial charge in [-0.3, -0.25) is 9.36 Å². The molecule has 1 aromatic carbocycles. The van der Waals surface area contributed by atoms with Gasteiger partial charge in [-0.1, -0.05) is 13.0 Å². The third-order valence-corrected chi connectivity index (χ3v) is 3.78. The first-order chi connectivity index (χ1) is 10.2. The van der Waals surface area contributed by atoms with Crippen molar-refractivity contribution in [1.29, 1.82) is 0 Å². The van der Waals surface area contributed by atoms with E-state index < -0.39 is 0 Å². The maximum absolute atomic E-state index is 12.7. The Labute approximate surface area is 122 Å². The van der Waals surface area contributed by atoms with Gasteiger partial charge in [-0.2, -0.15) is 0 Å². The molecule has 5 nitrogen and oxygen atoms in total. The van der Waals surface area contributed by atoms with Crippen molar-refractivity contribution in [2.75, 3.05) is 0 Å². The van der Waals surface area contributed by atoms with Gasteiger partial charge in [0, 0.05) is 18.9 Å². The first kappa shape index (κ1) is 13.5. The highest BCUT2D eigenvalue weighted by Crippen LogP contribution is 2.14. The Bertz CT molecular complexity index is 805. The highest BCUT2D eigenvalue weighted by molar-refractivity contribution is 5.77. The number of hydrogen-bond donors (Lipinski definition) is 0. The van der Waals surface area contributed by atoms with Crippen LogP contribution in [0.4, 0.5) is 0 Å². The lowest BCUT2D eigenvalue weighted by Crippen LogP contribution is -2.27. The van der Waals surface area contributed by atoms with Crippen LogP contribution in [0.3, 0.4) is 0 Å². The molecule has 0 aliphatic carbocycles. The standard InChI is InChI=1S/C16H18N4O/c1-3-13(9-19-7-6-17-10-19)20-11-18-15-8-12(2)4-5-14(15)16(20)21/h4-8,10-11,13H,3,9H2,1-2H3. The van der Waals surface area contributed by atoms with E-state index in [1.165, 1.54) is 0 Å². The third kappa shape index (κ3) is 2.59. The molecule has 108 valence electrons. The van der Waals surface area contributed by atoms with E-state index in [1.54, 1.807) is 23.4 Å². The summed E-state index contributed by atoms with van der Waals surface area (Å²) in [5, 5.41) is 0.673. The fourth-order valence-corrected chi connectivity index (χ4v) is 2.56. The second-order valence-electron chi connectivity index (χ2n) is 5.30. The molecule has 0 aliphatic heterocycles. The van der Waals surface area contributed by atoms with E-state index in [1.807, 2.05) is 35.9 Å². The molecule has 1 unspecified atom stereocenters. The topological polar surface area (TPSA) is 52.7 Å². The molecule has 3 rings (SSSR count). The molecule has 0 saturated heterocycles. The van der Waals surface area contributed by atoms with Crippen molar-refractivity contribution in [1.82, 2.24) is 19.1 Å². The van der Waals surface area contributed by atoms with Gasteiger partial charge < -0.3 is 4.57 Å². The molecule has 5 heteroatoms. The second-order valence-corrected chi connectivity index (χ2v) is 5.30. The van der Waals surface area contributed by atoms with Gasteiger partial charge in [-0.25, -0.2) is 9.97 Å². The SMILES string of the molecule is CCC(Cn1ccnc1)n1cnc2cc(C)ccc2c1=O. The Kier molecular flexibility index (Phi) is 3.56. The number of benzene rings is 1. The summed E-state index contributed by atoms with van der Waals surface area (Å²) in [6.07, 6.45) is 7.94. The highest BCUT2D eigenvalue weighted by Gasteiger charge is 2.13. The molecule has 2 heterocycles. The molecule has 1 atom stereocenters. The van der Waals surface area contributed by atoms with Crippen molar-refractivity contribution in [2.45, 2.75) is 32.9 Å². The average molecular weight is 282 g/mol. The maximum atomic E-state index is 12.7. The summed E-state index contributed by atoms with van der Waals surface area (Å²) < 4.78 is 3.72. The van der Waals surface area contributed by atoms with Crippen molar-refractivity contribution >= 4 is 10.9 Å². The summed E-state index contributed by atoms with van der Waals surface area (Å²) in [7, 11) is 0. The molecule has 0 amide bonds. The van der Waals surface area contributed by atoms with E-state index in [0.717, 1.165) is 24.0 Å². The first-order valence-electron chi connectivity index (χ1n) is 7.12. The molecule has 0 N–H and O–H groups in total. The zero-order valence-electron chi connectivity index (χ0n) is 12.2. The third-order valence-electron chi connectivity index (χ3n) is 3.78. The summed E-state index contributed by atoms with van der Waals surface area (Å²) in [4.78, 5) is 21.2. The first-order valence-corrected chi connectivity index (χ1v) is 7.12. The van der Waals surface area contributed by atoms with Crippen LogP contribution in [0.25, 0.3) is 10.9 Å². The van der Waals surface area contributed by atoms with Crippen molar-refractivity contribution < 1.29 is 0 Å². The molecule has 2 aromatic heterocycles. The highest BCUT2D eigenvalue weighted by atomic mass is 16.1. The predicted molar refractivity (Wildman–Crippen MR) is 82.3 cm³/mol. The molecular weight excluding hydrogens is 264 g/mol. The average Bonchev–Trinajstić information content (AvgIpc) is 2.98. The smallest absolute Gasteiger partial charge is 0.261 e. The van der Waals surface area contributed by atoms with Gasteiger partial charge in [0.05, 0.1) is 29.6 Å². The minimum absolute atomic E-state index is 0.0203. The summed E-state index contributed by atoms with van der Waals surface area (Å²) in [5.74, 6) is 0. The van der Waals surface area contributed by atoms with E-state index in [4.69, 9.17) is 0 Å². The van der Waals surface area contributed by atoms with Gasteiger partial charge >= 0.3 is 0 Å². The van der Waals surface area contributed by atoms with Gasteiger partial charge in [0.15, 0.2) is 0 Å². The lowest BCUT2D eigenvalue weighted by molar-refractivity contribution is 0.406. The van der Waals surface area contributed by atoms with Crippen molar-refractivity contribution in [2.24, 2.45) is 0 Å². The van der Waals surface area contributed by atoms with Crippen molar-refractivity contribution in [3.8, 4) is 0 Å². The molecule has 0 fully saturated rings. The van der Waals surface area contributed by atoms with Crippen LogP contribution in [0.2, 0.25) is 0 Å². The lowest BCUT2D eigenvalue weighted by Gasteiger charge is -2.18. The van der Waals surface area contributed by atoms with Gasteiger partial charge in [0.2, 0.25) is 0 Å². The zero-order chi connectivity index (χ0) is 14.8. The van der Waals surface area contributed by atoms with Gasteiger partial charge in [0.1, 0.15) is 0 Å². The fraction of sp³-hybridized carbons (Fsp3) is 0.312. The Morgan fingerprint density at radius 1 is 1.29 bits per heavy atom. The molecule has 0 aliphatic rings. The molecule has 21 heavy (non-hydrogen) atoms. The van der Waals surface area contributed by atoms with E-state index >= 15 is 0 Å². The van der Waals surface area contributed by atoms with Crippen LogP contribution in [0, 0.1) is 6.92 Å². The number of aromatic nitrogens is 4. The monoisotopic (exact) mass is 282 g/mol. The minimum Gasteiger partial charge on any atom is -0.335 e. The number of nitrogens with zero attached hydrogens (tertiary/aromatic N) is 4. The summed E-state index contributed by atoms with van der Waals surface area (Å²) in [6.45, 7) is 4.80. The Hall–Kier alpha value is -2.43. The largest absolute Gasteiger partial charge is 0.335 e. The summed E-state index contributed by atoms with van der Waals surface area (Å²) >= 11 is 0. The predicted octanol–water partition coefficient (Wildman–Crippen LogP) is 2.55. The normalized spacial score (nSPS) is 12.7. The second kappa shape index (κ2) is 5.52.